The van der Waals surface area contributed by atoms with Crippen LogP contribution in [0.25, 0.3) is 0 Å². The van der Waals surface area contributed by atoms with Gasteiger partial charge in [0.25, 0.3) is 0 Å². The van der Waals surface area contributed by atoms with E-state index in [1.54, 1.807) is 13.2 Å². The van der Waals surface area contributed by atoms with Crippen molar-refractivity contribution in [1.82, 2.24) is 15.6 Å². The number of aliphatic imine (C=N–C) groups is 1. The maximum absolute atomic E-state index is 5.54. The van der Waals surface area contributed by atoms with Crippen molar-refractivity contribution in [2.75, 3.05) is 40.0 Å². The zero-order valence-corrected chi connectivity index (χ0v) is 16.6. The Bertz CT molecular complexity index is 492. The number of hydrogen-bond donors (Lipinski definition) is 2. The van der Waals surface area contributed by atoms with Gasteiger partial charge in [0.15, 0.2) is 5.96 Å². The highest BCUT2D eigenvalue weighted by Crippen LogP contribution is 2.09. The Morgan fingerprint density at radius 3 is 2.50 bits per heavy atom. The number of rotatable bonds is 13. The zero-order valence-electron chi connectivity index (χ0n) is 16.6. The summed E-state index contributed by atoms with van der Waals surface area (Å²) in [5.41, 5.74) is 1.06. The molecule has 0 amide bonds. The molecule has 148 valence electrons. The number of hydrogen-bond acceptors (Lipinski definition) is 5. The van der Waals surface area contributed by atoms with E-state index < -0.39 is 0 Å². The first kappa shape index (κ1) is 22.2. The minimum absolute atomic E-state index is 0.125. The first-order valence-corrected chi connectivity index (χ1v) is 9.37. The fourth-order valence-corrected chi connectivity index (χ4v) is 2.04. The minimum Gasteiger partial charge on any atom is -0.475 e. The van der Waals surface area contributed by atoms with E-state index in [9.17, 15) is 0 Å². The number of nitrogens with one attached hydrogen (secondary N) is 2. The van der Waals surface area contributed by atoms with Crippen LogP contribution in [-0.4, -0.2) is 57.1 Å². The highest BCUT2D eigenvalue weighted by Gasteiger charge is 2.01. The minimum atomic E-state index is 0.125. The van der Waals surface area contributed by atoms with Gasteiger partial charge in [0.2, 0.25) is 5.88 Å². The van der Waals surface area contributed by atoms with E-state index in [4.69, 9.17) is 14.2 Å². The van der Waals surface area contributed by atoms with E-state index in [-0.39, 0.29) is 6.10 Å². The molecular formula is C19H34N4O3. The molecule has 0 radical (unpaired) electrons. The van der Waals surface area contributed by atoms with Crippen LogP contribution in [0.1, 0.15) is 39.2 Å². The molecule has 26 heavy (non-hydrogen) atoms. The van der Waals surface area contributed by atoms with Gasteiger partial charge in [0.1, 0.15) is 0 Å². The third-order valence-electron chi connectivity index (χ3n) is 3.39. The second-order valence-electron chi connectivity index (χ2n) is 6.10. The summed E-state index contributed by atoms with van der Waals surface area (Å²) < 4.78 is 16.5. The molecule has 0 bridgehead atoms. The van der Waals surface area contributed by atoms with Gasteiger partial charge in [-0.15, -0.1) is 0 Å². The van der Waals surface area contributed by atoms with E-state index in [1.807, 2.05) is 26.0 Å². The van der Waals surface area contributed by atoms with Crippen LogP contribution in [-0.2, 0) is 16.0 Å². The molecule has 1 aromatic heterocycles. The smallest absolute Gasteiger partial charge is 0.213 e. The molecule has 0 unspecified atom stereocenters. The number of guanidine groups is 1. The van der Waals surface area contributed by atoms with Crippen LogP contribution in [0.2, 0.25) is 0 Å². The molecular weight excluding hydrogens is 332 g/mol. The molecule has 1 rings (SSSR count). The van der Waals surface area contributed by atoms with Crippen LogP contribution in [0.15, 0.2) is 23.3 Å². The van der Waals surface area contributed by atoms with Crippen molar-refractivity contribution in [3.05, 3.63) is 23.9 Å². The van der Waals surface area contributed by atoms with Gasteiger partial charge in [-0.2, -0.15) is 0 Å². The Morgan fingerprint density at radius 1 is 1.12 bits per heavy atom. The molecule has 0 spiro atoms. The average molecular weight is 367 g/mol. The van der Waals surface area contributed by atoms with Gasteiger partial charge in [-0.25, -0.2) is 4.98 Å². The topological polar surface area (TPSA) is 77.0 Å². The fourth-order valence-electron chi connectivity index (χ4n) is 2.04. The lowest BCUT2D eigenvalue weighted by Gasteiger charge is -2.13. The van der Waals surface area contributed by atoms with E-state index in [2.05, 4.69) is 27.5 Å². The van der Waals surface area contributed by atoms with Crippen LogP contribution in [0.5, 0.6) is 5.88 Å². The van der Waals surface area contributed by atoms with Crippen molar-refractivity contribution in [2.45, 2.75) is 46.3 Å². The van der Waals surface area contributed by atoms with Crippen molar-refractivity contribution in [3.8, 4) is 5.88 Å². The lowest BCUT2D eigenvalue weighted by Crippen LogP contribution is -2.38. The standard InChI is InChI=1S/C19H34N4O3/c1-5-6-10-24-12-13-25-11-9-21-19(20-4)23-15-17-7-8-18(22-14-17)26-16(2)3/h7-8,14,16H,5-6,9-13,15H2,1-4H3,(H2,20,21,23). The molecule has 2 N–H and O–H groups in total. The largest absolute Gasteiger partial charge is 0.475 e. The van der Waals surface area contributed by atoms with Crippen molar-refractivity contribution in [1.29, 1.82) is 0 Å². The molecule has 7 heteroatoms. The van der Waals surface area contributed by atoms with E-state index in [1.165, 1.54) is 0 Å². The Hall–Kier alpha value is -1.86. The van der Waals surface area contributed by atoms with Crippen LogP contribution in [0.3, 0.4) is 0 Å². The van der Waals surface area contributed by atoms with Gasteiger partial charge >= 0.3 is 0 Å². The number of aromatic nitrogens is 1. The van der Waals surface area contributed by atoms with Gasteiger partial charge in [-0.3, -0.25) is 4.99 Å². The van der Waals surface area contributed by atoms with Crippen LogP contribution in [0, 0.1) is 0 Å². The third-order valence-corrected chi connectivity index (χ3v) is 3.39. The molecule has 0 fully saturated rings. The molecule has 1 aromatic rings. The molecule has 0 atom stereocenters. The van der Waals surface area contributed by atoms with Crippen molar-refractivity contribution >= 4 is 5.96 Å². The normalized spacial score (nSPS) is 11.7. The molecule has 7 nitrogen and oxygen atoms in total. The van der Waals surface area contributed by atoms with Gasteiger partial charge in [0.05, 0.1) is 25.9 Å². The second kappa shape index (κ2) is 14.3. The monoisotopic (exact) mass is 366 g/mol. The van der Waals surface area contributed by atoms with Crippen LogP contribution < -0.4 is 15.4 Å². The Labute approximate surface area is 157 Å². The number of nitrogens with zero attached hydrogens (tertiary/aromatic N) is 2. The third kappa shape index (κ3) is 10.9. The molecule has 0 saturated heterocycles. The lowest BCUT2D eigenvalue weighted by atomic mass is 10.3. The number of pyridine rings is 1. The quantitative estimate of drug-likeness (QED) is 0.317. The van der Waals surface area contributed by atoms with Gasteiger partial charge < -0.3 is 24.8 Å². The van der Waals surface area contributed by atoms with Gasteiger partial charge in [0, 0.05) is 39.0 Å². The molecule has 0 saturated carbocycles. The molecule has 0 aliphatic carbocycles. The fraction of sp³-hybridized carbons (Fsp3) is 0.684. The zero-order chi connectivity index (χ0) is 19.0. The lowest BCUT2D eigenvalue weighted by molar-refractivity contribution is 0.0487. The summed E-state index contributed by atoms with van der Waals surface area (Å²) in [5, 5.41) is 6.47. The SMILES string of the molecule is CCCCOCCOCCNC(=NC)NCc1ccc(OC(C)C)nc1. The number of ether oxygens (including phenoxy) is 3. The van der Waals surface area contributed by atoms with Gasteiger partial charge in [-0.05, 0) is 25.8 Å². The first-order chi connectivity index (χ1) is 12.7. The second-order valence-corrected chi connectivity index (χ2v) is 6.10. The van der Waals surface area contributed by atoms with Gasteiger partial charge in [-0.1, -0.05) is 19.4 Å². The van der Waals surface area contributed by atoms with E-state index in [0.29, 0.717) is 38.8 Å². The Kier molecular flexibility index (Phi) is 12.2. The summed E-state index contributed by atoms with van der Waals surface area (Å²) in [5.74, 6) is 1.37. The summed E-state index contributed by atoms with van der Waals surface area (Å²) in [7, 11) is 1.75. The Morgan fingerprint density at radius 2 is 1.88 bits per heavy atom. The average Bonchev–Trinajstić information content (AvgIpc) is 2.63. The van der Waals surface area contributed by atoms with E-state index in [0.717, 1.165) is 31.0 Å². The van der Waals surface area contributed by atoms with Crippen LogP contribution in [0.4, 0.5) is 0 Å². The van der Waals surface area contributed by atoms with Crippen molar-refractivity contribution in [2.24, 2.45) is 4.99 Å². The highest BCUT2D eigenvalue weighted by molar-refractivity contribution is 5.79. The van der Waals surface area contributed by atoms with Crippen molar-refractivity contribution in [3.63, 3.8) is 0 Å². The predicted molar refractivity (Wildman–Crippen MR) is 105 cm³/mol. The summed E-state index contributed by atoms with van der Waals surface area (Å²) in [6.45, 7) is 10.1. The molecule has 0 aromatic carbocycles. The molecule has 0 aliphatic heterocycles. The number of unbranched alkanes of at least 4 members (excludes halogenated alkanes) is 1. The maximum atomic E-state index is 5.54. The predicted octanol–water partition coefficient (Wildman–Crippen LogP) is 2.37. The summed E-state index contributed by atoms with van der Waals surface area (Å²) in [6.07, 6.45) is 4.19. The van der Waals surface area contributed by atoms with Crippen LogP contribution >= 0.6 is 0 Å². The summed E-state index contributed by atoms with van der Waals surface area (Å²) >= 11 is 0. The molecule has 1 heterocycles. The Balaban J connectivity index is 2.13. The molecule has 0 aliphatic rings. The maximum Gasteiger partial charge on any atom is 0.213 e. The van der Waals surface area contributed by atoms with Crippen molar-refractivity contribution < 1.29 is 14.2 Å². The van der Waals surface area contributed by atoms with E-state index >= 15 is 0 Å². The summed E-state index contributed by atoms with van der Waals surface area (Å²) in [4.78, 5) is 8.49. The highest BCUT2D eigenvalue weighted by atomic mass is 16.5. The summed E-state index contributed by atoms with van der Waals surface area (Å²) in [6, 6.07) is 3.87. The first-order valence-electron chi connectivity index (χ1n) is 9.37.